The Morgan fingerprint density at radius 2 is 2.15 bits per heavy atom. The number of rotatable bonds is 4. The van der Waals surface area contributed by atoms with Crippen molar-refractivity contribution >= 4 is 17.6 Å². The second kappa shape index (κ2) is 6.89. The lowest BCUT2D eigenvalue weighted by atomic mass is 10.1. The van der Waals surface area contributed by atoms with Gasteiger partial charge in [0.2, 0.25) is 0 Å². The minimum atomic E-state index is -1.17. The minimum absolute atomic E-state index is 0.0733. The fraction of sp³-hybridized carbons (Fsp3) is 0.231. The smallest absolute Gasteiger partial charge is 0.384 e. The minimum Gasteiger partial charge on any atom is -0.481 e. The van der Waals surface area contributed by atoms with Gasteiger partial charge in [-0.25, -0.2) is 4.79 Å². The zero-order valence-electron chi connectivity index (χ0n) is 10.6. The summed E-state index contributed by atoms with van der Waals surface area (Å²) in [6.45, 7) is 1.82. The van der Waals surface area contributed by atoms with Crippen molar-refractivity contribution in [1.82, 2.24) is 0 Å². The van der Waals surface area contributed by atoms with Crippen molar-refractivity contribution < 1.29 is 24.4 Å². The van der Waals surface area contributed by atoms with E-state index < -0.39 is 23.3 Å². The molecule has 0 aliphatic rings. The average molecular weight is 277 g/mol. The van der Waals surface area contributed by atoms with E-state index in [0.717, 1.165) is 6.07 Å². The van der Waals surface area contributed by atoms with Gasteiger partial charge in [-0.3, -0.25) is 14.9 Å². The van der Waals surface area contributed by atoms with Gasteiger partial charge in [-0.1, -0.05) is 12.0 Å². The van der Waals surface area contributed by atoms with Gasteiger partial charge in [-0.15, -0.1) is 0 Å². The summed E-state index contributed by atoms with van der Waals surface area (Å²) >= 11 is 0. The van der Waals surface area contributed by atoms with E-state index in [1.54, 1.807) is 6.92 Å². The Morgan fingerprint density at radius 3 is 2.70 bits per heavy atom. The van der Waals surface area contributed by atoms with Crippen LogP contribution in [0.4, 0.5) is 5.69 Å². The summed E-state index contributed by atoms with van der Waals surface area (Å²) in [6, 6.07) is 3.85. The Balaban J connectivity index is 3.07. The van der Waals surface area contributed by atoms with Gasteiger partial charge in [0.05, 0.1) is 18.0 Å². The molecule has 0 aliphatic carbocycles. The van der Waals surface area contributed by atoms with Crippen molar-refractivity contribution in [3.63, 3.8) is 0 Å². The average Bonchev–Trinajstić information content (AvgIpc) is 2.37. The molecule has 0 heterocycles. The van der Waals surface area contributed by atoms with Crippen LogP contribution in [-0.2, 0) is 20.7 Å². The maximum atomic E-state index is 11.0. The van der Waals surface area contributed by atoms with Crippen LogP contribution in [0, 0.1) is 22.0 Å². The maximum absolute atomic E-state index is 11.0. The molecule has 104 valence electrons. The van der Waals surface area contributed by atoms with E-state index in [4.69, 9.17) is 5.11 Å². The Labute approximate surface area is 114 Å². The highest BCUT2D eigenvalue weighted by atomic mass is 16.6. The predicted molar refractivity (Wildman–Crippen MR) is 67.9 cm³/mol. The number of benzene rings is 1. The zero-order chi connectivity index (χ0) is 15.1. The van der Waals surface area contributed by atoms with Gasteiger partial charge in [0.15, 0.2) is 0 Å². The largest absolute Gasteiger partial charge is 0.481 e. The van der Waals surface area contributed by atoms with Gasteiger partial charge < -0.3 is 9.84 Å². The topological polar surface area (TPSA) is 107 Å². The third-order valence-electron chi connectivity index (χ3n) is 2.21. The monoisotopic (exact) mass is 277 g/mol. The zero-order valence-corrected chi connectivity index (χ0v) is 10.6. The van der Waals surface area contributed by atoms with Crippen LogP contribution in [0.3, 0.4) is 0 Å². The number of aliphatic carboxylic acids is 1. The molecule has 0 saturated heterocycles. The predicted octanol–water partition coefficient (Wildman–Crippen LogP) is 1.14. The number of nitro groups is 1. The number of hydrogen-bond donors (Lipinski definition) is 1. The summed E-state index contributed by atoms with van der Waals surface area (Å²) in [4.78, 5) is 31.8. The van der Waals surface area contributed by atoms with E-state index in [1.807, 2.05) is 0 Å². The summed E-state index contributed by atoms with van der Waals surface area (Å²) in [6.07, 6.45) is -0.456. The molecule has 20 heavy (non-hydrogen) atoms. The van der Waals surface area contributed by atoms with Crippen LogP contribution in [0.15, 0.2) is 18.2 Å². The summed E-state index contributed by atoms with van der Waals surface area (Å²) in [5.74, 6) is 2.71. The summed E-state index contributed by atoms with van der Waals surface area (Å²) in [5.41, 5.74) is -0.0360. The van der Waals surface area contributed by atoms with E-state index in [0.29, 0.717) is 0 Å². The van der Waals surface area contributed by atoms with Gasteiger partial charge in [-0.05, 0) is 13.0 Å². The van der Waals surface area contributed by atoms with Gasteiger partial charge in [-0.2, -0.15) is 0 Å². The molecule has 0 aromatic heterocycles. The maximum Gasteiger partial charge on any atom is 0.384 e. The molecule has 0 unspecified atom stereocenters. The third kappa shape index (κ3) is 4.42. The molecule has 7 heteroatoms. The fourth-order valence-corrected chi connectivity index (χ4v) is 1.41. The molecule has 0 spiro atoms. The van der Waals surface area contributed by atoms with Crippen LogP contribution in [-0.4, -0.2) is 28.6 Å². The molecule has 0 bridgehead atoms. The van der Waals surface area contributed by atoms with E-state index in [-0.39, 0.29) is 23.4 Å². The van der Waals surface area contributed by atoms with Crippen LogP contribution < -0.4 is 0 Å². The molecule has 0 fully saturated rings. The molecule has 0 amide bonds. The quantitative estimate of drug-likeness (QED) is 0.382. The molecular formula is C13H11NO6. The van der Waals surface area contributed by atoms with Crippen LogP contribution >= 0.6 is 0 Å². The molecule has 0 saturated carbocycles. The van der Waals surface area contributed by atoms with Gasteiger partial charge >= 0.3 is 11.9 Å². The van der Waals surface area contributed by atoms with E-state index in [1.165, 1.54) is 12.1 Å². The molecule has 1 aromatic carbocycles. The fourth-order valence-electron chi connectivity index (χ4n) is 1.41. The van der Waals surface area contributed by atoms with Crippen molar-refractivity contribution in [1.29, 1.82) is 0 Å². The Morgan fingerprint density at radius 1 is 1.45 bits per heavy atom. The summed E-state index contributed by atoms with van der Waals surface area (Å²) < 4.78 is 4.59. The lowest BCUT2D eigenvalue weighted by Crippen LogP contribution is -2.04. The van der Waals surface area contributed by atoms with Crippen LogP contribution in [0.25, 0.3) is 0 Å². The molecule has 0 atom stereocenters. The number of carbonyl (C=O) groups is 2. The van der Waals surface area contributed by atoms with Crippen molar-refractivity contribution in [3.8, 4) is 11.8 Å². The standard InChI is InChI=1S/C13H11NO6/c1-2-20-13(17)6-4-9-3-5-10(8-12(15)16)11(7-9)14(18)19/h3,5,7H,2,8H2,1H3,(H,15,16). The first-order chi connectivity index (χ1) is 9.43. The Hall–Kier alpha value is -2.88. The van der Waals surface area contributed by atoms with Gasteiger partial charge in [0, 0.05) is 23.1 Å². The van der Waals surface area contributed by atoms with Crippen molar-refractivity contribution in [2.24, 2.45) is 0 Å². The third-order valence-corrected chi connectivity index (χ3v) is 2.21. The lowest BCUT2D eigenvalue weighted by Gasteiger charge is -2.00. The van der Waals surface area contributed by atoms with E-state index >= 15 is 0 Å². The van der Waals surface area contributed by atoms with Gasteiger partial charge in [0.1, 0.15) is 0 Å². The molecule has 0 aliphatic heterocycles. The van der Waals surface area contributed by atoms with Crippen LogP contribution in [0.5, 0.6) is 0 Å². The first-order valence-corrected chi connectivity index (χ1v) is 5.62. The molecular weight excluding hydrogens is 266 g/mol. The second-order valence-corrected chi connectivity index (χ2v) is 3.64. The van der Waals surface area contributed by atoms with Gasteiger partial charge in [0.25, 0.3) is 5.69 Å². The highest BCUT2D eigenvalue weighted by Crippen LogP contribution is 2.20. The number of ether oxygens (including phenoxy) is 1. The van der Waals surface area contributed by atoms with Crippen molar-refractivity contribution in [2.45, 2.75) is 13.3 Å². The number of carboxylic acid groups (broad SMARTS) is 1. The van der Waals surface area contributed by atoms with E-state index in [9.17, 15) is 19.7 Å². The van der Waals surface area contributed by atoms with Crippen LogP contribution in [0.1, 0.15) is 18.1 Å². The van der Waals surface area contributed by atoms with Crippen molar-refractivity contribution in [2.75, 3.05) is 6.61 Å². The highest BCUT2D eigenvalue weighted by Gasteiger charge is 2.16. The molecule has 1 N–H and O–H groups in total. The molecule has 7 nitrogen and oxygen atoms in total. The first-order valence-electron chi connectivity index (χ1n) is 5.62. The number of nitrogens with zero attached hydrogens (tertiary/aromatic N) is 1. The highest BCUT2D eigenvalue weighted by molar-refractivity contribution is 5.89. The molecule has 1 aromatic rings. The first kappa shape index (κ1) is 15.2. The SMILES string of the molecule is CCOC(=O)C#Cc1ccc(CC(=O)O)c([N+](=O)[O-])c1. The second-order valence-electron chi connectivity index (χ2n) is 3.64. The summed E-state index contributed by atoms with van der Waals surface area (Å²) in [5, 5.41) is 19.5. The van der Waals surface area contributed by atoms with E-state index in [2.05, 4.69) is 16.6 Å². The number of carboxylic acids is 1. The number of esters is 1. The Kier molecular flexibility index (Phi) is 5.23. The molecule has 1 rings (SSSR count). The van der Waals surface area contributed by atoms with Crippen molar-refractivity contribution in [3.05, 3.63) is 39.4 Å². The molecule has 0 radical (unpaired) electrons. The normalized spacial score (nSPS) is 9.25. The lowest BCUT2D eigenvalue weighted by molar-refractivity contribution is -0.385. The number of hydrogen-bond acceptors (Lipinski definition) is 5. The summed E-state index contributed by atoms with van der Waals surface area (Å²) in [7, 11) is 0. The number of carbonyl (C=O) groups excluding carboxylic acids is 1. The van der Waals surface area contributed by atoms with Crippen LogP contribution in [0.2, 0.25) is 0 Å². The number of nitro benzene ring substituents is 1. The Bertz CT molecular complexity index is 611.